The number of aromatic nitrogens is 3. The summed E-state index contributed by atoms with van der Waals surface area (Å²) in [5.74, 6) is -0.126. The second-order valence-electron chi connectivity index (χ2n) is 4.71. The van der Waals surface area contributed by atoms with Crippen molar-refractivity contribution in [3.05, 3.63) is 28.5 Å². The molecule has 0 aliphatic heterocycles. The molecule has 1 amide bonds. The van der Waals surface area contributed by atoms with Crippen molar-refractivity contribution in [1.82, 2.24) is 14.8 Å². The predicted octanol–water partition coefficient (Wildman–Crippen LogP) is 3.03. The van der Waals surface area contributed by atoms with E-state index in [0.29, 0.717) is 10.7 Å². The Hall–Kier alpha value is -1.69. The number of rotatable bonds is 6. The third kappa shape index (κ3) is 3.25. The molecule has 0 fully saturated rings. The lowest BCUT2D eigenvalue weighted by Crippen LogP contribution is -2.14. The van der Waals surface area contributed by atoms with Crippen LogP contribution in [0, 0.1) is 0 Å². The van der Waals surface area contributed by atoms with Gasteiger partial charge in [0.25, 0.3) is 5.91 Å². The molecule has 0 saturated heterocycles. The van der Waals surface area contributed by atoms with Gasteiger partial charge >= 0.3 is 0 Å². The SMILES string of the molecule is CCCc1cnc(NC(=O)c2cnn(C)c2CCC)s1. The fraction of sp³-hybridized carbons (Fsp3) is 0.500. The third-order valence-corrected chi connectivity index (χ3v) is 4.04. The van der Waals surface area contributed by atoms with E-state index in [2.05, 4.69) is 29.2 Å². The Morgan fingerprint density at radius 1 is 1.30 bits per heavy atom. The molecule has 0 aromatic carbocycles. The summed E-state index contributed by atoms with van der Waals surface area (Å²) < 4.78 is 1.77. The van der Waals surface area contributed by atoms with Gasteiger partial charge in [-0.2, -0.15) is 5.10 Å². The van der Waals surface area contributed by atoms with Crippen molar-refractivity contribution >= 4 is 22.4 Å². The smallest absolute Gasteiger partial charge is 0.260 e. The number of nitrogens with one attached hydrogen (secondary N) is 1. The molecule has 0 bridgehead atoms. The molecule has 0 spiro atoms. The van der Waals surface area contributed by atoms with Crippen LogP contribution in [0.2, 0.25) is 0 Å². The maximum absolute atomic E-state index is 12.3. The molecule has 2 aromatic heterocycles. The molecule has 20 heavy (non-hydrogen) atoms. The third-order valence-electron chi connectivity index (χ3n) is 3.06. The van der Waals surface area contributed by atoms with Crippen molar-refractivity contribution in [2.75, 3.05) is 5.32 Å². The molecule has 0 aliphatic carbocycles. The summed E-state index contributed by atoms with van der Waals surface area (Å²) in [7, 11) is 1.87. The molecular weight excluding hydrogens is 272 g/mol. The van der Waals surface area contributed by atoms with E-state index in [1.165, 1.54) is 16.2 Å². The number of hydrogen-bond acceptors (Lipinski definition) is 4. The van der Waals surface area contributed by atoms with E-state index < -0.39 is 0 Å². The number of hydrogen-bond donors (Lipinski definition) is 1. The van der Waals surface area contributed by atoms with Gasteiger partial charge in [-0.05, 0) is 12.8 Å². The first-order valence-electron chi connectivity index (χ1n) is 6.92. The molecule has 2 heterocycles. The first kappa shape index (κ1) is 14.7. The van der Waals surface area contributed by atoms with Crippen LogP contribution in [0.15, 0.2) is 12.4 Å². The second kappa shape index (κ2) is 6.65. The molecule has 2 rings (SSSR count). The zero-order valence-corrected chi connectivity index (χ0v) is 13.0. The minimum atomic E-state index is -0.126. The molecule has 6 heteroatoms. The fourth-order valence-electron chi connectivity index (χ4n) is 2.08. The van der Waals surface area contributed by atoms with Crippen molar-refractivity contribution in [1.29, 1.82) is 0 Å². The highest BCUT2D eigenvalue weighted by molar-refractivity contribution is 7.15. The summed E-state index contributed by atoms with van der Waals surface area (Å²) >= 11 is 1.54. The van der Waals surface area contributed by atoms with Crippen LogP contribution in [0.1, 0.15) is 47.6 Å². The van der Waals surface area contributed by atoms with E-state index in [4.69, 9.17) is 0 Å². The van der Waals surface area contributed by atoms with Gasteiger partial charge < -0.3 is 0 Å². The lowest BCUT2D eigenvalue weighted by Gasteiger charge is -2.04. The molecule has 108 valence electrons. The van der Waals surface area contributed by atoms with Crippen molar-refractivity contribution in [2.24, 2.45) is 7.05 Å². The number of amides is 1. The van der Waals surface area contributed by atoms with Crippen molar-refractivity contribution in [3.8, 4) is 0 Å². The Morgan fingerprint density at radius 2 is 2.05 bits per heavy atom. The first-order valence-corrected chi connectivity index (χ1v) is 7.74. The standard InChI is InChI=1S/C14H20N4OS/c1-4-6-10-8-15-14(20-10)17-13(19)11-9-16-18(3)12(11)7-5-2/h8-9H,4-7H2,1-3H3,(H,15,17,19). The molecule has 0 radical (unpaired) electrons. The minimum absolute atomic E-state index is 0.126. The van der Waals surface area contributed by atoms with Crippen LogP contribution in [-0.2, 0) is 19.9 Å². The number of carbonyl (C=O) groups is 1. The summed E-state index contributed by atoms with van der Waals surface area (Å²) in [5, 5.41) is 7.69. The molecule has 2 aromatic rings. The van der Waals surface area contributed by atoms with Crippen LogP contribution < -0.4 is 5.32 Å². The number of carbonyl (C=O) groups excluding carboxylic acids is 1. The Morgan fingerprint density at radius 3 is 2.75 bits per heavy atom. The van der Waals surface area contributed by atoms with Gasteiger partial charge in [-0.25, -0.2) is 4.98 Å². The zero-order chi connectivity index (χ0) is 14.5. The summed E-state index contributed by atoms with van der Waals surface area (Å²) in [5.41, 5.74) is 1.61. The van der Waals surface area contributed by atoms with Crippen molar-refractivity contribution in [2.45, 2.75) is 39.5 Å². The number of thiazole rings is 1. The quantitative estimate of drug-likeness (QED) is 0.890. The van der Waals surface area contributed by atoms with Crippen LogP contribution >= 0.6 is 11.3 Å². The van der Waals surface area contributed by atoms with Crippen molar-refractivity contribution in [3.63, 3.8) is 0 Å². The highest BCUT2D eigenvalue weighted by Crippen LogP contribution is 2.21. The summed E-state index contributed by atoms with van der Waals surface area (Å²) in [6, 6.07) is 0. The van der Waals surface area contributed by atoms with Crippen LogP contribution in [0.3, 0.4) is 0 Å². The molecular formula is C14H20N4OS. The summed E-state index contributed by atoms with van der Waals surface area (Å²) in [4.78, 5) is 17.7. The topological polar surface area (TPSA) is 59.8 Å². The number of nitrogens with zero attached hydrogens (tertiary/aromatic N) is 3. The largest absolute Gasteiger partial charge is 0.298 e. The average molecular weight is 292 g/mol. The van der Waals surface area contributed by atoms with Gasteiger partial charge in [-0.3, -0.25) is 14.8 Å². The van der Waals surface area contributed by atoms with Gasteiger partial charge in [0, 0.05) is 18.1 Å². The molecule has 0 saturated carbocycles. The normalized spacial score (nSPS) is 10.8. The van der Waals surface area contributed by atoms with Gasteiger partial charge in [0.1, 0.15) is 0 Å². The lowest BCUT2D eigenvalue weighted by molar-refractivity contribution is 0.102. The van der Waals surface area contributed by atoms with Crippen molar-refractivity contribution < 1.29 is 4.79 Å². The van der Waals surface area contributed by atoms with E-state index in [-0.39, 0.29) is 5.91 Å². The maximum atomic E-state index is 12.3. The summed E-state index contributed by atoms with van der Waals surface area (Å²) in [6.45, 7) is 4.22. The lowest BCUT2D eigenvalue weighted by atomic mass is 10.1. The first-order chi connectivity index (χ1) is 9.65. The van der Waals surface area contributed by atoms with E-state index in [1.807, 2.05) is 13.2 Å². The van der Waals surface area contributed by atoms with Gasteiger partial charge in [0.05, 0.1) is 17.5 Å². The molecule has 0 unspecified atom stereocenters. The monoisotopic (exact) mass is 292 g/mol. The van der Waals surface area contributed by atoms with Gasteiger partial charge in [0.15, 0.2) is 5.13 Å². The van der Waals surface area contributed by atoms with Gasteiger partial charge in [-0.15, -0.1) is 11.3 Å². The average Bonchev–Trinajstić information content (AvgIpc) is 2.99. The molecule has 1 N–H and O–H groups in total. The second-order valence-corrected chi connectivity index (χ2v) is 5.83. The molecule has 0 atom stereocenters. The van der Waals surface area contributed by atoms with E-state index in [0.717, 1.165) is 31.4 Å². The maximum Gasteiger partial charge on any atom is 0.260 e. The van der Waals surface area contributed by atoms with Crippen LogP contribution in [-0.4, -0.2) is 20.7 Å². The Labute approximate surface area is 123 Å². The highest BCUT2D eigenvalue weighted by Gasteiger charge is 2.16. The zero-order valence-electron chi connectivity index (χ0n) is 12.1. The highest BCUT2D eigenvalue weighted by atomic mass is 32.1. The Kier molecular flexibility index (Phi) is 4.89. The predicted molar refractivity (Wildman–Crippen MR) is 81.3 cm³/mol. The van der Waals surface area contributed by atoms with Crippen LogP contribution in [0.25, 0.3) is 0 Å². The number of anilines is 1. The van der Waals surface area contributed by atoms with Gasteiger partial charge in [0.2, 0.25) is 0 Å². The fourth-order valence-corrected chi connectivity index (χ4v) is 2.99. The Bertz CT molecular complexity index is 588. The van der Waals surface area contributed by atoms with Crippen LogP contribution in [0.4, 0.5) is 5.13 Å². The number of aryl methyl sites for hydroxylation is 2. The Balaban J connectivity index is 2.11. The van der Waals surface area contributed by atoms with E-state index in [9.17, 15) is 4.79 Å². The van der Waals surface area contributed by atoms with Crippen LogP contribution in [0.5, 0.6) is 0 Å². The van der Waals surface area contributed by atoms with E-state index in [1.54, 1.807) is 10.9 Å². The summed E-state index contributed by atoms with van der Waals surface area (Å²) in [6.07, 6.45) is 7.37. The van der Waals surface area contributed by atoms with Gasteiger partial charge in [-0.1, -0.05) is 26.7 Å². The molecule has 0 aliphatic rings. The molecule has 5 nitrogen and oxygen atoms in total. The van der Waals surface area contributed by atoms with E-state index >= 15 is 0 Å². The minimum Gasteiger partial charge on any atom is -0.298 e.